The summed E-state index contributed by atoms with van der Waals surface area (Å²) >= 11 is 0. The van der Waals surface area contributed by atoms with Crippen LogP contribution in [0, 0.1) is 0 Å². The second-order valence-corrected chi connectivity index (χ2v) is 9.26. The summed E-state index contributed by atoms with van der Waals surface area (Å²) in [7, 11) is 0. The van der Waals surface area contributed by atoms with Crippen LogP contribution in [0.5, 0.6) is 5.75 Å². The van der Waals surface area contributed by atoms with Crippen molar-refractivity contribution in [3.05, 3.63) is 77.9 Å². The van der Waals surface area contributed by atoms with Gasteiger partial charge >= 0.3 is 0 Å². The fraction of sp³-hybridized carbons (Fsp3) is 0.346. The van der Waals surface area contributed by atoms with E-state index in [2.05, 4.69) is 85.6 Å². The third kappa shape index (κ3) is 2.67. The van der Waals surface area contributed by atoms with Crippen molar-refractivity contribution in [2.24, 2.45) is 5.10 Å². The highest BCUT2D eigenvalue weighted by molar-refractivity contribution is 6.11. The third-order valence-electron chi connectivity index (χ3n) is 6.69. The molecule has 0 amide bonds. The number of hydrogen-bond donors (Lipinski definition) is 0. The summed E-state index contributed by atoms with van der Waals surface area (Å²) in [6.45, 7) is 4.98. The Morgan fingerprint density at radius 2 is 1.77 bits per heavy atom. The fourth-order valence-corrected chi connectivity index (χ4v) is 5.44. The number of nitrogens with zero attached hydrogens (tertiary/aromatic N) is 2. The molecular weight excluding hydrogens is 372 g/mol. The van der Waals surface area contributed by atoms with E-state index in [-0.39, 0.29) is 11.6 Å². The van der Waals surface area contributed by atoms with E-state index in [9.17, 15) is 0 Å². The van der Waals surface area contributed by atoms with Gasteiger partial charge in [-0.2, -0.15) is 5.10 Å². The molecule has 3 aliphatic heterocycles. The molecule has 0 unspecified atom stereocenters. The highest BCUT2D eigenvalue weighted by atomic mass is 16.5. The summed E-state index contributed by atoms with van der Waals surface area (Å²) in [5.41, 5.74) is 2.88. The van der Waals surface area contributed by atoms with Crippen molar-refractivity contribution < 1.29 is 9.47 Å². The van der Waals surface area contributed by atoms with Gasteiger partial charge in [-0.25, -0.2) is 5.01 Å². The normalized spacial score (nSPS) is 26.8. The molecule has 0 aromatic heterocycles. The van der Waals surface area contributed by atoms with Crippen LogP contribution in [-0.2, 0) is 4.74 Å². The lowest BCUT2D eigenvalue weighted by atomic mass is 9.86. The maximum Gasteiger partial charge on any atom is 0.203 e. The number of ether oxygens (including phenoxy) is 2. The first-order valence-electron chi connectivity index (χ1n) is 10.8. The standard InChI is InChI=1S/C26H26N2O2/c1-25(2)17-26(14-15-29-25)28-23(21-11-5-6-13-24(21)30-26)16-22(27-28)20-12-7-9-18-8-3-4-10-19(18)20/h3-13,23H,14-17H2,1-2H3/t23-,26+/m1/s1. The Balaban J connectivity index is 1.50. The van der Waals surface area contributed by atoms with E-state index in [0.29, 0.717) is 6.61 Å². The molecule has 6 rings (SSSR count). The lowest BCUT2D eigenvalue weighted by Gasteiger charge is -2.52. The lowest BCUT2D eigenvalue weighted by molar-refractivity contribution is -0.212. The van der Waals surface area contributed by atoms with Crippen LogP contribution < -0.4 is 4.74 Å². The van der Waals surface area contributed by atoms with Crippen molar-refractivity contribution >= 4 is 16.5 Å². The predicted octanol–water partition coefficient (Wildman–Crippen LogP) is 5.67. The van der Waals surface area contributed by atoms with Crippen molar-refractivity contribution in [3.8, 4) is 5.75 Å². The minimum Gasteiger partial charge on any atom is -0.466 e. The fourth-order valence-electron chi connectivity index (χ4n) is 5.44. The van der Waals surface area contributed by atoms with Gasteiger partial charge in [0.2, 0.25) is 5.72 Å². The van der Waals surface area contributed by atoms with Crippen LogP contribution in [0.2, 0.25) is 0 Å². The molecule has 4 nitrogen and oxygen atoms in total. The molecule has 0 bridgehead atoms. The first-order valence-corrected chi connectivity index (χ1v) is 10.8. The third-order valence-corrected chi connectivity index (χ3v) is 6.69. The van der Waals surface area contributed by atoms with Crippen molar-refractivity contribution in [2.75, 3.05) is 6.61 Å². The molecule has 152 valence electrons. The van der Waals surface area contributed by atoms with Gasteiger partial charge in [-0.1, -0.05) is 60.7 Å². The predicted molar refractivity (Wildman–Crippen MR) is 119 cm³/mol. The largest absolute Gasteiger partial charge is 0.466 e. The van der Waals surface area contributed by atoms with Gasteiger partial charge in [-0.05, 0) is 30.7 Å². The van der Waals surface area contributed by atoms with Crippen LogP contribution in [0.4, 0.5) is 0 Å². The molecule has 4 heteroatoms. The molecule has 0 N–H and O–H groups in total. The van der Waals surface area contributed by atoms with E-state index in [1.54, 1.807) is 0 Å². The second kappa shape index (κ2) is 6.32. The minimum atomic E-state index is -0.465. The number of hydrazone groups is 1. The number of rotatable bonds is 1. The maximum atomic E-state index is 6.72. The molecule has 3 aliphatic rings. The average Bonchev–Trinajstić information content (AvgIpc) is 3.19. The van der Waals surface area contributed by atoms with E-state index in [0.717, 1.165) is 30.7 Å². The molecule has 2 atom stereocenters. The summed E-state index contributed by atoms with van der Waals surface area (Å²) in [5.74, 6) is 0.991. The van der Waals surface area contributed by atoms with Crippen LogP contribution in [-0.4, -0.2) is 28.7 Å². The van der Waals surface area contributed by atoms with Gasteiger partial charge in [0.25, 0.3) is 0 Å². The van der Waals surface area contributed by atoms with Gasteiger partial charge in [0.15, 0.2) is 0 Å². The zero-order valence-electron chi connectivity index (χ0n) is 17.5. The molecule has 1 fully saturated rings. The zero-order valence-corrected chi connectivity index (χ0v) is 17.5. The van der Waals surface area contributed by atoms with Crippen LogP contribution in [0.15, 0.2) is 71.8 Å². The Morgan fingerprint density at radius 3 is 2.67 bits per heavy atom. The SMILES string of the molecule is CC1(C)C[C@]2(CCO1)Oc1ccccc1[C@H]1CC(c3cccc4ccccc34)=NN12. The molecule has 0 saturated carbocycles. The molecule has 1 saturated heterocycles. The molecule has 3 heterocycles. The van der Waals surface area contributed by atoms with E-state index in [1.165, 1.54) is 21.9 Å². The van der Waals surface area contributed by atoms with Crippen molar-refractivity contribution in [3.63, 3.8) is 0 Å². The Labute approximate surface area is 177 Å². The summed E-state index contributed by atoms with van der Waals surface area (Å²) in [4.78, 5) is 0. The molecule has 3 aromatic rings. The van der Waals surface area contributed by atoms with Gasteiger partial charge < -0.3 is 9.47 Å². The van der Waals surface area contributed by atoms with Crippen LogP contribution in [0.3, 0.4) is 0 Å². The smallest absolute Gasteiger partial charge is 0.203 e. The Morgan fingerprint density at radius 1 is 0.967 bits per heavy atom. The maximum absolute atomic E-state index is 6.72. The van der Waals surface area contributed by atoms with Crippen LogP contribution in [0.1, 0.15) is 50.3 Å². The molecule has 3 aromatic carbocycles. The highest BCUT2D eigenvalue weighted by Gasteiger charge is 2.54. The van der Waals surface area contributed by atoms with Gasteiger partial charge in [0.1, 0.15) is 5.75 Å². The first kappa shape index (κ1) is 18.0. The van der Waals surface area contributed by atoms with Gasteiger partial charge in [-0.15, -0.1) is 0 Å². The molecule has 0 aliphatic carbocycles. The van der Waals surface area contributed by atoms with Crippen LogP contribution >= 0.6 is 0 Å². The molecule has 1 spiro atoms. The topological polar surface area (TPSA) is 34.1 Å². The molecular formula is C26H26N2O2. The van der Waals surface area contributed by atoms with Crippen molar-refractivity contribution in [1.29, 1.82) is 0 Å². The minimum absolute atomic E-state index is 0.192. The number of fused-ring (bicyclic) bond motifs is 5. The van der Waals surface area contributed by atoms with E-state index in [1.807, 2.05) is 0 Å². The lowest BCUT2D eigenvalue weighted by Crippen LogP contribution is -2.60. The van der Waals surface area contributed by atoms with Gasteiger partial charge in [-0.3, -0.25) is 0 Å². The average molecular weight is 399 g/mol. The quantitative estimate of drug-likeness (QED) is 0.530. The second-order valence-electron chi connectivity index (χ2n) is 9.26. The van der Waals surface area contributed by atoms with E-state index in [4.69, 9.17) is 14.6 Å². The Bertz CT molecular complexity index is 1160. The summed E-state index contributed by atoms with van der Waals surface area (Å²) in [5, 5.41) is 10.0. The first-order chi connectivity index (χ1) is 14.5. The van der Waals surface area contributed by atoms with E-state index >= 15 is 0 Å². The molecule has 0 radical (unpaired) electrons. The summed E-state index contributed by atoms with van der Waals surface area (Å²) in [6, 6.07) is 23.7. The van der Waals surface area contributed by atoms with Crippen LogP contribution in [0.25, 0.3) is 10.8 Å². The van der Waals surface area contributed by atoms with Gasteiger partial charge in [0.05, 0.1) is 24.0 Å². The highest BCUT2D eigenvalue weighted by Crippen LogP contribution is 2.51. The number of para-hydroxylation sites is 1. The van der Waals surface area contributed by atoms with E-state index < -0.39 is 5.72 Å². The Kier molecular flexibility index (Phi) is 3.79. The number of hydrogen-bond acceptors (Lipinski definition) is 4. The van der Waals surface area contributed by atoms with Gasteiger partial charge in [0, 0.05) is 30.4 Å². The van der Waals surface area contributed by atoms with Crippen molar-refractivity contribution in [2.45, 2.75) is 50.5 Å². The number of benzene rings is 3. The summed E-state index contributed by atoms with van der Waals surface area (Å²) in [6.07, 6.45) is 2.49. The summed E-state index contributed by atoms with van der Waals surface area (Å²) < 4.78 is 12.8. The molecule has 30 heavy (non-hydrogen) atoms. The van der Waals surface area contributed by atoms with Crippen molar-refractivity contribution in [1.82, 2.24) is 5.01 Å². The Hall–Kier alpha value is -2.85. The monoisotopic (exact) mass is 398 g/mol. The zero-order chi connectivity index (χ0) is 20.3.